The second-order valence-corrected chi connectivity index (χ2v) is 5.01. The Morgan fingerprint density at radius 2 is 1.88 bits per heavy atom. The van der Waals surface area contributed by atoms with Crippen LogP contribution in [0.1, 0.15) is 20.7 Å². The van der Waals surface area contributed by atoms with Crippen molar-refractivity contribution in [1.82, 2.24) is 0 Å². The van der Waals surface area contributed by atoms with E-state index in [0.29, 0.717) is 36.1 Å². The molecular formula is C17H15NO6. The molecule has 1 aliphatic heterocycles. The number of hydrogen-bond donors (Lipinski definition) is 2. The van der Waals surface area contributed by atoms with Crippen molar-refractivity contribution in [3.05, 3.63) is 47.5 Å². The molecule has 7 heteroatoms. The maximum atomic E-state index is 12.5. The minimum atomic E-state index is -1.07. The third-order valence-corrected chi connectivity index (χ3v) is 3.48. The summed E-state index contributed by atoms with van der Waals surface area (Å²) in [4.78, 5) is 23.5. The minimum Gasteiger partial charge on any atom is -0.493 e. The van der Waals surface area contributed by atoms with Crippen molar-refractivity contribution in [2.24, 2.45) is 0 Å². The molecule has 1 heterocycles. The number of fused-ring (bicyclic) bond motifs is 1. The second kappa shape index (κ2) is 6.49. The van der Waals surface area contributed by atoms with E-state index in [2.05, 4.69) is 5.32 Å². The van der Waals surface area contributed by atoms with E-state index in [4.69, 9.17) is 19.3 Å². The normalized spacial score (nSPS) is 12.4. The number of carboxylic acid groups (broad SMARTS) is 1. The summed E-state index contributed by atoms with van der Waals surface area (Å²) in [5, 5.41) is 11.7. The smallest absolute Gasteiger partial charge is 0.335 e. The van der Waals surface area contributed by atoms with E-state index in [0.717, 1.165) is 0 Å². The number of anilines is 1. The molecule has 0 fully saturated rings. The highest BCUT2D eigenvalue weighted by molar-refractivity contribution is 6.07. The molecule has 2 aromatic rings. The van der Waals surface area contributed by atoms with Gasteiger partial charge in [-0.3, -0.25) is 4.79 Å². The number of methoxy groups -OCH3 is 1. The first-order chi connectivity index (χ1) is 11.6. The highest BCUT2D eigenvalue weighted by Gasteiger charge is 2.24. The Morgan fingerprint density at radius 3 is 2.58 bits per heavy atom. The van der Waals surface area contributed by atoms with Gasteiger partial charge in [0.15, 0.2) is 11.5 Å². The molecule has 1 aliphatic rings. The van der Waals surface area contributed by atoms with E-state index >= 15 is 0 Å². The summed E-state index contributed by atoms with van der Waals surface area (Å²) in [6, 6.07) is 9.19. The number of carboxylic acids is 1. The molecule has 1 amide bonds. The average molecular weight is 329 g/mol. The van der Waals surface area contributed by atoms with E-state index in [9.17, 15) is 9.59 Å². The molecule has 0 aliphatic carbocycles. The lowest BCUT2D eigenvalue weighted by molar-refractivity contribution is 0.0696. The van der Waals surface area contributed by atoms with Gasteiger partial charge < -0.3 is 24.6 Å². The second-order valence-electron chi connectivity index (χ2n) is 5.01. The molecule has 2 aromatic carbocycles. The SMILES string of the molecule is COc1ccc(C(=O)Nc2cccc(C(=O)O)c2)c2c1OCCO2. The van der Waals surface area contributed by atoms with Crippen LogP contribution in [-0.2, 0) is 0 Å². The van der Waals surface area contributed by atoms with Crippen molar-refractivity contribution >= 4 is 17.6 Å². The van der Waals surface area contributed by atoms with Gasteiger partial charge in [-0.2, -0.15) is 0 Å². The first-order valence-electron chi connectivity index (χ1n) is 7.21. The lowest BCUT2D eigenvalue weighted by Gasteiger charge is -2.22. The molecule has 0 saturated heterocycles. The minimum absolute atomic E-state index is 0.0872. The van der Waals surface area contributed by atoms with Crippen LogP contribution < -0.4 is 19.5 Å². The maximum Gasteiger partial charge on any atom is 0.335 e. The monoisotopic (exact) mass is 329 g/mol. The van der Waals surface area contributed by atoms with Gasteiger partial charge in [-0.25, -0.2) is 4.79 Å². The van der Waals surface area contributed by atoms with Gasteiger partial charge in [0.05, 0.1) is 18.2 Å². The van der Waals surface area contributed by atoms with Crippen LogP contribution in [0.15, 0.2) is 36.4 Å². The Hall–Kier alpha value is -3.22. The van der Waals surface area contributed by atoms with Crippen molar-refractivity contribution in [3.63, 3.8) is 0 Å². The zero-order valence-corrected chi connectivity index (χ0v) is 12.9. The van der Waals surface area contributed by atoms with Gasteiger partial charge in [0.1, 0.15) is 13.2 Å². The van der Waals surface area contributed by atoms with Crippen molar-refractivity contribution in [2.75, 3.05) is 25.6 Å². The zero-order valence-electron chi connectivity index (χ0n) is 12.9. The molecule has 0 saturated carbocycles. The molecule has 0 atom stereocenters. The first kappa shape index (κ1) is 15.7. The van der Waals surface area contributed by atoms with Gasteiger partial charge in [0, 0.05) is 5.69 Å². The zero-order chi connectivity index (χ0) is 17.1. The summed E-state index contributed by atoms with van der Waals surface area (Å²) >= 11 is 0. The van der Waals surface area contributed by atoms with Gasteiger partial charge in [-0.1, -0.05) is 6.07 Å². The number of carbonyl (C=O) groups is 2. The molecule has 0 spiro atoms. The number of nitrogens with one attached hydrogen (secondary N) is 1. The standard InChI is InChI=1S/C17H15NO6/c1-22-13-6-5-12(14-15(13)24-8-7-23-14)16(19)18-11-4-2-3-10(9-11)17(20)21/h2-6,9H,7-8H2,1H3,(H,18,19)(H,20,21). The predicted molar refractivity (Wildman–Crippen MR) is 85.3 cm³/mol. The van der Waals surface area contributed by atoms with Gasteiger partial charge in [-0.15, -0.1) is 0 Å². The number of hydrogen-bond acceptors (Lipinski definition) is 5. The lowest BCUT2D eigenvalue weighted by Crippen LogP contribution is -2.20. The quantitative estimate of drug-likeness (QED) is 0.894. The third kappa shape index (κ3) is 2.96. The summed E-state index contributed by atoms with van der Waals surface area (Å²) in [5.74, 6) is -0.316. The number of benzene rings is 2. The van der Waals surface area contributed by atoms with Crippen LogP contribution in [0.2, 0.25) is 0 Å². The van der Waals surface area contributed by atoms with Crippen molar-refractivity contribution < 1.29 is 28.9 Å². The molecule has 7 nitrogen and oxygen atoms in total. The van der Waals surface area contributed by atoms with E-state index in [1.807, 2.05) is 0 Å². The number of amides is 1. The molecule has 24 heavy (non-hydrogen) atoms. The predicted octanol–water partition coefficient (Wildman–Crippen LogP) is 2.42. The Morgan fingerprint density at radius 1 is 1.12 bits per heavy atom. The fourth-order valence-corrected chi connectivity index (χ4v) is 2.38. The summed E-state index contributed by atoms with van der Waals surface area (Å²) in [7, 11) is 1.50. The van der Waals surface area contributed by atoms with E-state index in [1.54, 1.807) is 24.3 Å². The summed E-state index contributed by atoms with van der Waals surface area (Å²) in [6.07, 6.45) is 0. The molecule has 0 aromatic heterocycles. The van der Waals surface area contributed by atoms with Crippen molar-refractivity contribution in [1.29, 1.82) is 0 Å². The number of carbonyl (C=O) groups excluding carboxylic acids is 1. The van der Waals surface area contributed by atoms with Crippen LogP contribution in [0.4, 0.5) is 5.69 Å². The van der Waals surface area contributed by atoms with Gasteiger partial charge in [-0.05, 0) is 30.3 Å². The summed E-state index contributed by atoms with van der Waals surface area (Å²) in [5.41, 5.74) is 0.747. The Labute approximate surface area is 137 Å². The van der Waals surface area contributed by atoms with Gasteiger partial charge in [0.25, 0.3) is 5.91 Å². The van der Waals surface area contributed by atoms with E-state index < -0.39 is 11.9 Å². The molecular weight excluding hydrogens is 314 g/mol. The summed E-state index contributed by atoms with van der Waals surface area (Å²) in [6.45, 7) is 0.698. The summed E-state index contributed by atoms with van der Waals surface area (Å²) < 4.78 is 16.3. The highest BCUT2D eigenvalue weighted by atomic mass is 16.6. The van der Waals surface area contributed by atoms with Crippen LogP contribution in [0.3, 0.4) is 0 Å². The fraction of sp³-hybridized carbons (Fsp3) is 0.176. The fourth-order valence-electron chi connectivity index (χ4n) is 2.38. The van der Waals surface area contributed by atoms with Crippen molar-refractivity contribution in [3.8, 4) is 17.2 Å². The Kier molecular flexibility index (Phi) is 4.24. The molecule has 124 valence electrons. The van der Waals surface area contributed by atoms with Gasteiger partial charge >= 0.3 is 5.97 Å². The van der Waals surface area contributed by atoms with Crippen LogP contribution >= 0.6 is 0 Å². The third-order valence-electron chi connectivity index (χ3n) is 3.48. The Bertz CT molecular complexity index is 802. The Balaban J connectivity index is 1.91. The highest BCUT2D eigenvalue weighted by Crippen LogP contribution is 2.42. The van der Waals surface area contributed by atoms with Crippen LogP contribution in [0.25, 0.3) is 0 Å². The lowest BCUT2D eigenvalue weighted by atomic mass is 10.1. The maximum absolute atomic E-state index is 12.5. The largest absolute Gasteiger partial charge is 0.493 e. The van der Waals surface area contributed by atoms with Crippen LogP contribution in [0, 0.1) is 0 Å². The number of aromatic carboxylic acids is 1. The van der Waals surface area contributed by atoms with Crippen LogP contribution in [0.5, 0.6) is 17.2 Å². The van der Waals surface area contributed by atoms with E-state index in [1.165, 1.54) is 19.2 Å². The topological polar surface area (TPSA) is 94.1 Å². The first-order valence-corrected chi connectivity index (χ1v) is 7.21. The molecule has 3 rings (SSSR count). The number of rotatable bonds is 4. The molecule has 2 N–H and O–H groups in total. The number of ether oxygens (including phenoxy) is 3. The van der Waals surface area contributed by atoms with Crippen molar-refractivity contribution in [2.45, 2.75) is 0 Å². The van der Waals surface area contributed by atoms with Gasteiger partial charge in [0.2, 0.25) is 5.75 Å². The molecule has 0 unspecified atom stereocenters. The van der Waals surface area contributed by atoms with Crippen LogP contribution in [-0.4, -0.2) is 37.3 Å². The molecule has 0 radical (unpaired) electrons. The molecule has 0 bridgehead atoms. The average Bonchev–Trinajstić information content (AvgIpc) is 2.60. The van der Waals surface area contributed by atoms with E-state index in [-0.39, 0.29) is 11.1 Å².